The Morgan fingerprint density at radius 2 is 1.91 bits per heavy atom. The van der Waals surface area contributed by atoms with E-state index in [-0.39, 0.29) is 30.5 Å². The van der Waals surface area contributed by atoms with Crippen LogP contribution in [0.2, 0.25) is 0 Å². The van der Waals surface area contributed by atoms with Gasteiger partial charge in [0.25, 0.3) is 5.91 Å². The molecule has 1 saturated heterocycles. The third kappa shape index (κ3) is 10.3. The average molecular weight is 635 g/mol. The number of nitrogens with one attached hydrogen (secondary N) is 2. The SMILES string of the molecule is COc1ccc(CCC(=O)NS(=O)(=O)CCCF)c(CN2CCCC2c2nc(C(=O)NCCCCC3CCCCC3)co2)c1. The molecular formula is C32H47FN4O6S. The molecule has 2 heterocycles. The molecular weight excluding hydrogens is 587 g/mol. The maximum atomic E-state index is 12.7. The third-order valence-corrected chi connectivity index (χ3v) is 10.0. The van der Waals surface area contributed by atoms with Crippen molar-refractivity contribution in [3.05, 3.63) is 47.2 Å². The van der Waals surface area contributed by atoms with E-state index in [0.717, 1.165) is 49.3 Å². The van der Waals surface area contributed by atoms with Crippen LogP contribution >= 0.6 is 0 Å². The highest BCUT2D eigenvalue weighted by molar-refractivity contribution is 7.90. The molecule has 1 atom stereocenters. The number of methoxy groups -OCH3 is 1. The Kier molecular flexibility index (Phi) is 13.0. The first-order valence-corrected chi connectivity index (χ1v) is 17.7. The molecule has 0 spiro atoms. The quantitative estimate of drug-likeness (QED) is 0.226. The number of carbonyl (C=O) groups is 2. The van der Waals surface area contributed by atoms with Gasteiger partial charge < -0.3 is 14.5 Å². The van der Waals surface area contributed by atoms with E-state index < -0.39 is 28.4 Å². The molecule has 0 radical (unpaired) electrons. The first-order valence-electron chi connectivity index (χ1n) is 16.0. The first kappa shape index (κ1) is 33.9. The molecule has 0 bridgehead atoms. The lowest BCUT2D eigenvalue weighted by molar-refractivity contribution is -0.119. The van der Waals surface area contributed by atoms with Crippen molar-refractivity contribution in [3.8, 4) is 5.75 Å². The van der Waals surface area contributed by atoms with E-state index in [1.165, 1.54) is 44.8 Å². The zero-order chi connectivity index (χ0) is 31.4. The van der Waals surface area contributed by atoms with Crippen molar-refractivity contribution < 1.29 is 31.6 Å². The second kappa shape index (κ2) is 16.9. The molecule has 1 aromatic heterocycles. The highest BCUT2D eigenvalue weighted by atomic mass is 32.2. The van der Waals surface area contributed by atoms with Gasteiger partial charge in [0, 0.05) is 19.5 Å². The lowest BCUT2D eigenvalue weighted by Crippen LogP contribution is -2.33. The van der Waals surface area contributed by atoms with Gasteiger partial charge in [0.1, 0.15) is 12.0 Å². The van der Waals surface area contributed by atoms with Crippen LogP contribution in [-0.2, 0) is 27.8 Å². The van der Waals surface area contributed by atoms with Crippen molar-refractivity contribution in [2.24, 2.45) is 5.92 Å². The Hall–Kier alpha value is -2.99. The van der Waals surface area contributed by atoms with Crippen LogP contribution in [0.1, 0.15) is 111 Å². The molecule has 12 heteroatoms. The summed E-state index contributed by atoms with van der Waals surface area (Å²) in [5.74, 6) is 0.757. The number of alkyl halides is 1. The number of oxazole rings is 1. The molecule has 2 amide bonds. The fraction of sp³-hybridized carbons (Fsp3) is 0.656. The number of nitrogens with zero attached hydrogens (tertiary/aromatic N) is 2. The zero-order valence-electron chi connectivity index (χ0n) is 25.8. The number of hydrogen-bond donors (Lipinski definition) is 2. The molecule has 2 aliphatic rings. The average Bonchev–Trinajstić information content (AvgIpc) is 3.69. The number of aryl methyl sites for hydroxylation is 1. The van der Waals surface area contributed by atoms with E-state index in [4.69, 9.17) is 9.15 Å². The van der Waals surface area contributed by atoms with E-state index in [1.807, 2.05) is 22.9 Å². The molecule has 2 fully saturated rings. The lowest BCUT2D eigenvalue weighted by atomic mass is 9.86. The molecule has 1 saturated carbocycles. The van der Waals surface area contributed by atoms with Crippen molar-refractivity contribution in [2.75, 3.05) is 32.6 Å². The predicted octanol–water partition coefficient (Wildman–Crippen LogP) is 5.24. The number of unbranched alkanes of at least 4 members (excludes halogenated alkanes) is 1. The summed E-state index contributed by atoms with van der Waals surface area (Å²) in [6, 6.07) is 5.51. The monoisotopic (exact) mass is 634 g/mol. The van der Waals surface area contributed by atoms with E-state index in [2.05, 4.69) is 15.2 Å². The number of aromatic nitrogens is 1. The summed E-state index contributed by atoms with van der Waals surface area (Å²) in [5.41, 5.74) is 2.12. The maximum Gasteiger partial charge on any atom is 0.273 e. The van der Waals surface area contributed by atoms with E-state index in [0.29, 0.717) is 31.2 Å². The summed E-state index contributed by atoms with van der Waals surface area (Å²) in [7, 11) is -2.27. The van der Waals surface area contributed by atoms with Crippen LogP contribution in [0.3, 0.4) is 0 Å². The van der Waals surface area contributed by atoms with Crippen LogP contribution < -0.4 is 14.8 Å². The molecule has 1 aliphatic carbocycles. The van der Waals surface area contributed by atoms with Crippen molar-refractivity contribution in [1.82, 2.24) is 19.9 Å². The van der Waals surface area contributed by atoms with E-state index in [1.54, 1.807) is 7.11 Å². The van der Waals surface area contributed by atoms with E-state index in [9.17, 15) is 22.4 Å². The summed E-state index contributed by atoms with van der Waals surface area (Å²) >= 11 is 0. The molecule has 10 nitrogen and oxygen atoms in total. The Labute approximate surface area is 260 Å². The van der Waals surface area contributed by atoms with Gasteiger partial charge in [-0.25, -0.2) is 13.4 Å². The summed E-state index contributed by atoms with van der Waals surface area (Å²) in [4.78, 5) is 31.9. The van der Waals surface area contributed by atoms with Gasteiger partial charge in [-0.05, 0) is 67.8 Å². The summed E-state index contributed by atoms with van der Waals surface area (Å²) in [6.07, 6.45) is 13.4. The van der Waals surface area contributed by atoms with Crippen LogP contribution in [-0.4, -0.2) is 62.7 Å². The molecule has 4 rings (SSSR count). The number of sulfonamides is 1. The van der Waals surface area contributed by atoms with Crippen molar-refractivity contribution >= 4 is 21.8 Å². The molecule has 1 aromatic carbocycles. The van der Waals surface area contributed by atoms with Crippen LogP contribution in [0.15, 0.2) is 28.9 Å². The topological polar surface area (TPSA) is 131 Å². The van der Waals surface area contributed by atoms with Crippen LogP contribution in [0, 0.1) is 5.92 Å². The van der Waals surface area contributed by atoms with Gasteiger partial charge in [0.15, 0.2) is 5.69 Å². The van der Waals surface area contributed by atoms with Crippen LogP contribution in [0.25, 0.3) is 0 Å². The number of ether oxygens (including phenoxy) is 1. The minimum absolute atomic E-state index is 0.0313. The normalized spacial score (nSPS) is 17.9. The second-order valence-electron chi connectivity index (χ2n) is 12.0. The number of likely N-dealkylation sites (tertiary alicyclic amines) is 1. The minimum atomic E-state index is -3.86. The zero-order valence-corrected chi connectivity index (χ0v) is 26.6. The molecule has 44 heavy (non-hydrogen) atoms. The van der Waals surface area contributed by atoms with Gasteiger partial charge in [-0.3, -0.25) is 23.6 Å². The molecule has 2 N–H and O–H groups in total. The predicted molar refractivity (Wildman–Crippen MR) is 165 cm³/mol. The maximum absolute atomic E-state index is 12.7. The van der Waals surface area contributed by atoms with Gasteiger partial charge in [-0.1, -0.05) is 51.0 Å². The molecule has 1 unspecified atom stereocenters. The number of amides is 2. The van der Waals surface area contributed by atoms with Gasteiger partial charge in [0.2, 0.25) is 21.8 Å². The number of benzene rings is 1. The van der Waals surface area contributed by atoms with Crippen LogP contribution in [0.5, 0.6) is 5.75 Å². The number of hydrogen-bond acceptors (Lipinski definition) is 8. The smallest absolute Gasteiger partial charge is 0.273 e. The Balaban J connectivity index is 1.31. The fourth-order valence-electron chi connectivity index (χ4n) is 6.27. The number of halogens is 1. The van der Waals surface area contributed by atoms with Gasteiger partial charge in [0.05, 0.1) is 25.6 Å². The second-order valence-corrected chi connectivity index (χ2v) is 13.8. The lowest BCUT2D eigenvalue weighted by Gasteiger charge is -2.23. The van der Waals surface area contributed by atoms with Crippen LogP contribution in [0.4, 0.5) is 4.39 Å². The highest BCUT2D eigenvalue weighted by Gasteiger charge is 2.31. The van der Waals surface area contributed by atoms with Gasteiger partial charge in [-0.2, -0.15) is 0 Å². The Bertz CT molecular complexity index is 1330. The number of rotatable bonds is 17. The fourth-order valence-corrected chi connectivity index (χ4v) is 7.31. The number of carbonyl (C=O) groups excluding carboxylic acids is 2. The van der Waals surface area contributed by atoms with Crippen molar-refractivity contribution in [2.45, 2.75) is 96.1 Å². The Morgan fingerprint density at radius 1 is 1.09 bits per heavy atom. The largest absolute Gasteiger partial charge is 0.497 e. The van der Waals surface area contributed by atoms with Gasteiger partial charge >= 0.3 is 0 Å². The third-order valence-electron chi connectivity index (χ3n) is 8.68. The first-order chi connectivity index (χ1) is 21.3. The highest BCUT2D eigenvalue weighted by Crippen LogP contribution is 2.34. The molecule has 244 valence electrons. The van der Waals surface area contributed by atoms with Crippen molar-refractivity contribution in [1.29, 1.82) is 0 Å². The summed E-state index contributed by atoms with van der Waals surface area (Å²) in [6.45, 7) is 1.21. The van der Waals surface area contributed by atoms with Crippen molar-refractivity contribution in [3.63, 3.8) is 0 Å². The molecule has 2 aromatic rings. The standard InChI is InChI=1S/C32H47FN4O6S/c1-42-27-15-13-25(14-16-30(38)36-44(40,41)20-8-17-33)26(21-27)22-37-19-7-12-29(37)32-35-28(23-43-32)31(39)34-18-6-5-11-24-9-3-2-4-10-24/h13,15,21,23-24,29H,2-12,14,16-20,22H2,1H3,(H,34,39)(H,36,38). The minimum Gasteiger partial charge on any atom is -0.497 e. The van der Waals surface area contributed by atoms with E-state index >= 15 is 0 Å². The summed E-state index contributed by atoms with van der Waals surface area (Å²) < 4.78 is 49.6. The summed E-state index contributed by atoms with van der Waals surface area (Å²) in [5, 5.41) is 2.98. The molecule has 1 aliphatic heterocycles. The Morgan fingerprint density at radius 3 is 2.68 bits per heavy atom. The van der Waals surface area contributed by atoms with Gasteiger partial charge in [-0.15, -0.1) is 0 Å².